The summed E-state index contributed by atoms with van der Waals surface area (Å²) in [7, 11) is 4.10. The average molecular weight is 398 g/mol. The fourth-order valence-electron chi connectivity index (χ4n) is 3.98. The predicted molar refractivity (Wildman–Crippen MR) is 129 cm³/mol. The maximum absolute atomic E-state index is 4.10. The lowest BCUT2D eigenvalue weighted by Gasteiger charge is -2.11. The molecule has 148 valence electrons. The van der Waals surface area contributed by atoms with Crippen LogP contribution in [-0.4, -0.2) is 0 Å². The number of pyridine rings is 1. The van der Waals surface area contributed by atoms with Crippen LogP contribution < -0.4 is 4.57 Å². The molecule has 0 saturated carbocycles. The molecule has 0 bridgehead atoms. The molecule has 0 N–H and O–H groups in total. The molecule has 1 nitrogen and oxygen atoms in total. The zero-order chi connectivity index (χ0) is 21.0. The molecule has 0 aliphatic carbocycles. The maximum Gasteiger partial charge on any atom is 0.112 e. The van der Waals surface area contributed by atoms with Gasteiger partial charge >= 0.3 is 0 Å². The monoisotopic (exact) mass is 397 g/mol. The Kier molecular flexibility index (Phi) is 5.08. The van der Waals surface area contributed by atoms with E-state index in [0.717, 1.165) is 11.3 Å². The van der Waals surface area contributed by atoms with Crippen LogP contribution in [0.15, 0.2) is 128 Å². The minimum Gasteiger partial charge on any atom is -0.333 e. The summed E-state index contributed by atoms with van der Waals surface area (Å²) in [6.45, 7) is 0. The van der Waals surface area contributed by atoms with Crippen molar-refractivity contribution in [3.63, 3.8) is 0 Å². The standard InChI is InChI=1S/C30H23N/c1-31-19-6-5-18-30(31)29-17-9-16-28(22-29)27-15-8-14-26(21-27)25-13-7-12-24(20-25)23-10-3-2-4-11-23/h2-22H,1H2. The number of rotatable bonds is 4. The van der Waals surface area contributed by atoms with Crippen molar-refractivity contribution in [3.8, 4) is 44.6 Å². The Balaban J connectivity index is 1.52. The Morgan fingerprint density at radius 3 is 1.35 bits per heavy atom. The molecule has 1 aromatic heterocycles. The van der Waals surface area contributed by atoms with E-state index in [1.807, 2.05) is 22.9 Å². The van der Waals surface area contributed by atoms with Gasteiger partial charge in [0.15, 0.2) is 0 Å². The van der Waals surface area contributed by atoms with Gasteiger partial charge in [0.25, 0.3) is 0 Å². The lowest BCUT2D eigenvalue weighted by atomic mass is 9.95. The van der Waals surface area contributed by atoms with Gasteiger partial charge in [-0.2, -0.15) is 0 Å². The van der Waals surface area contributed by atoms with Crippen molar-refractivity contribution in [1.82, 2.24) is 0 Å². The molecule has 0 spiro atoms. The van der Waals surface area contributed by atoms with Crippen LogP contribution in [0.3, 0.4) is 0 Å². The van der Waals surface area contributed by atoms with Gasteiger partial charge < -0.3 is 4.57 Å². The maximum atomic E-state index is 4.10. The van der Waals surface area contributed by atoms with Gasteiger partial charge in [0, 0.05) is 7.05 Å². The minimum atomic E-state index is 1.09. The molecular formula is C30H23N. The highest BCUT2D eigenvalue weighted by Gasteiger charge is 2.07. The van der Waals surface area contributed by atoms with Gasteiger partial charge in [-0.1, -0.05) is 103 Å². The normalized spacial score (nSPS) is 10.7. The van der Waals surface area contributed by atoms with Crippen molar-refractivity contribution in [2.45, 2.75) is 0 Å². The molecule has 0 unspecified atom stereocenters. The fraction of sp³-hybridized carbons (Fsp3) is 0. The first-order valence-corrected chi connectivity index (χ1v) is 10.5. The van der Waals surface area contributed by atoms with E-state index in [9.17, 15) is 0 Å². The van der Waals surface area contributed by atoms with Crippen LogP contribution in [0.5, 0.6) is 0 Å². The van der Waals surface area contributed by atoms with E-state index in [4.69, 9.17) is 0 Å². The Labute approximate surface area is 183 Å². The molecule has 0 aliphatic rings. The quantitative estimate of drug-likeness (QED) is 0.222. The van der Waals surface area contributed by atoms with Crippen LogP contribution >= 0.6 is 0 Å². The largest absolute Gasteiger partial charge is 0.333 e. The summed E-state index contributed by atoms with van der Waals surface area (Å²) in [5.41, 5.74) is 9.55. The third kappa shape index (κ3) is 3.99. The van der Waals surface area contributed by atoms with E-state index in [-0.39, 0.29) is 0 Å². The summed E-state index contributed by atoms with van der Waals surface area (Å²) in [6, 6.07) is 42.8. The van der Waals surface area contributed by atoms with Gasteiger partial charge in [0.2, 0.25) is 0 Å². The van der Waals surface area contributed by atoms with Crippen molar-refractivity contribution in [1.29, 1.82) is 0 Å². The van der Waals surface area contributed by atoms with E-state index in [0.29, 0.717) is 0 Å². The molecule has 5 rings (SSSR count). The van der Waals surface area contributed by atoms with Gasteiger partial charge in [0.05, 0.1) is 6.20 Å². The summed E-state index contributed by atoms with van der Waals surface area (Å²) >= 11 is 0. The second-order valence-electron chi connectivity index (χ2n) is 7.66. The van der Waals surface area contributed by atoms with Gasteiger partial charge in [-0.05, 0) is 57.1 Å². The zero-order valence-corrected chi connectivity index (χ0v) is 17.3. The van der Waals surface area contributed by atoms with E-state index >= 15 is 0 Å². The number of aromatic nitrogens is 1. The number of nitrogens with zero attached hydrogens (tertiary/aromatic N) is 1. The first kappa shape index (κ1) is 18.9. The third-order valence-electron chi connectivity index (χ3n) is 5.60. The van der Waals surface area contributed by atoms with Crippen LogP contribution in [0, 0.1) is 7.05 Å². The molecule has 0 amide bonds. The van der Waals surface area contributed by atoms with E-state index in [1.165, 1.54) is 33.4 Å². The van der Waals surface area contributed by atoms with Crippen molar-refractivity contribution in [3.05, 3.63) is 135 Å². The van der Waals surface area contributed by atoms with Gasteiger partial charge in [0.1, 0.15) is 5.69 Å². The number of hydrogen-bond donors (Lipinski definition) is 0. The number of hydrogen-bond acceptors (Lipinski definition) is 0. The molecule has 5 aromatic rings. The highest BCUT2D eigenvalue weighted by Crippen LogP contribution is 2.31. The van der Waals surface area contributed by atoms with Gasteiger partial charge in [-0.3, -0.25) is 0 Å². The number of benzene rings is 4. The summed E-state index contributed by atoms with van der Waals surface area (Å²) in [4.78, 5) is 0. The Bertz CT molecular complexity index is 1340. The topological polar surface area (TPSA) is 3.88 Å². The second kappa shape index (κ2) is 8.33. The molecule has 0 radical (unpaired) electrons. The van der Waals surface area contributed by atoms with E-state index in [1.54, 1.807) is 0 Å². The summed E-state index contributed by atoms with van der Waals surface area (Å²) in [5, 5.41) is 0. The highest BCUT2D eigenvalue weighted by molar-refractivity contribution is 5.78. The molecule has 31 heavy (non-hydrogen) atoms. The Morgan fingerprint density at radius 1 is 0.387 bits per heavy atom. The molecule has 4 aromatic carbocycles. The molecule has 1 heteroatoms. The Morgan fingerprint density at radius 2 is 0.806 bits per heavy atom. The van der Waals surface area contributed by atoms with Crippen molar-refractivity contribution in [2.24, 2.45) is 0 Å². The second-order valence-corrected chi connectivity index (χ2v) is 7.66. The van der Waals surface area contributed by atoms with Crippen LogP contribution in [0.2, 0.25) is 0 Å². The van der Waals surface area contributed by atoms with E-state index < -0.39 is 0 Å². The average Bonchev–Trinajstić information content (AvgIpc) is 2.85. The lowest BCUT2D eigenvalue weighted by Crippen LogP contribution is -2.27. The molecule has 0 fully saturated rings. The summed E-state index contributed by atoms with van der Waals surface area (Å²) < 4.78 is 1.91. The molecular weight excluding hydrogens is 374 g/mol. The summed E-state index contributed by atoms with van der Waals surface area (Å²) in [5.74, 6) is 0. The van der Waals surface area contributed by atoms with Gasteiger partial charge in [-0.25, -0.2) is 0 Å². The minimum absolute atomic E-state index is 1.09. The molecule has 0 atom stereocenters. The first-order chi connectivity index (χ1) is 15.3. The Hall–Kier alpha value is -4.10. The van der Waals surface area contributed by atoms with Gasteiger partial charge in [-0.15, -0.1) is 0 Å². The van der Waals surface area contributed by atoms with Crippen LogP contribution in [-0.2, 0) is 0 Å². The summed E-state index contributed by atoms with van der Waals surface area (Å²) in [6.07, 6.45) is 1.97. The third-order valence-corrected chi connectivity index (χ3v) is 5.60. The van der Waals surface area contributed by atoms with Crippen LogP contribution in [0.1, 0.15) is 0 Å². The van der Waals surface area contributed by atoms with Crippen LogP contribution in [0.4, 0.5) is 0 Å². The van der Waals surface area contributed by atoms with Crippen LogP contribution in [0.25, 0.3) is 44.6 Å². The smallest absolute Gasteiger partial charge is 0.112 e. The first-order valence-electron chi connectivity index (χ1n) is 10.5. The van der Waals surface area contributed by atoms with Crippen molar-refractivity contribution < 1.29 is 4.57 Å². The molecule has 1 heterocycles. The predicted octanol–water partition coefficient (Wildman–Crippen LogP) is 7.28. The van der Waals surface area contributed by atoms with Crippen molar-refractivity contribution >= 4 is 0 Å². The van der Waals surface area contributed by atoms with E-state index in [2.05, 4.69) is 116 Å². The molecule has 0 saturated heterocycles. The lowest BCUT2D eigenvalue weighted by molar-refractivity contribution is -0.600. The fourth-order valence-corrected chi connectivity index (χ4v) is 3.98. The zero-order valence-electron chi connectivity index (χ0n) is 17.3. The highest BCUT2D eigenvalue weighted by atomic mass is 14.9. The SMILES string of the molecule is [CH2-][n+]1ccccc1-c1cccc(-c2cccc(-c3cccc(-c4ccccc4)c3)c2)c1. The molecule has 0 aliphatic heterocycles. The van der Waals surface area contributed by atoms with Crippen molar-refractivity contribution in [2.75, 3.05) is 0 Å².